The van der Waals surface area contributed by atoms with Gasteiger partial charge in [0.1, 0.15) is 12.4 Å². The zero-order valence-corrected chi connectivity index (χ0v) is 12.3. The lowest BCUT2D eigenvalue weighted by atomic mass is 10.1. The van der Waals surface area contributed by atoms with Gasteiger partial charge in [0.2, 0.25) is 0 Å². The first-order valence-corrected chi connectivity index (χ1v) is 7.09. The highest BCUT2D eigenvalue weighted by Gasteiger charge is 2.04. The highest BCUT2D eigenvalue weighted by molar-refractivity contribution is 5.35. The van der Waals surface area contributed by atoms with Gasteiger partial charge in [-0.05, 0) is 18.7 Å². The van der Waals surface area contributed by atoms with Crippen LogP contribution >= 0.6 is 0 Å². The van der Waals surface area contributed by atoms with Crippen LogP contribution in [0.1, 0.15) is 11.1 Å². The lowest BCUT2D eigenvalue weighted by molar-refractivity contribution is 0.232. The molecule has 0 heterocycles. The predicted octanol–water partition coefficient (Wildman–Crippen LogP) is 3.26. The van der Waals surface area contributed by atoms with Gasteiger partial charge in [0.05, 0.1) is 12.5 Å². The first-order valence-electron chi connectivity index (χ1n) is 7.09. The van der Waals surface area contributed by atoms with Gasteiger partial charge in [-0.3, -0.25) is 4.90 Å². The summed E-state index contributed by atoms with van der Waals surface area (Å²) in [5.41, 5.74) is 2.25. The summed E-state index contributed by atoms with van der Waals surface area (Å²) in [6, 6.07) is 20.3. The molecule has 21 heavy (non-hydrogen) atoms. The number of likely N-dealkylation sites (N-methyl/N-ethyl adjacent to an activating group) is 1. The molecule has 3 heteroatoms. The smallest absolute Gasteiger partial charge is 0.123 e. The number of hydrogen-bond acceptors (Lipinski definition) is 3. The summed E-state index contributed by atoms with van der Waals surface area (Å²) in [6.07, 6.45) is 0.385. The molecule has 2 aromatic carbocycles. The molecule has 0 saturated heterocycles. The average molecular weight is 280 g/mol. The van der Waals surface area contributed by atoms with Crippen LogP contribution in [0.5, 0.6) is 5.75 Å². The lowest BCUT2D eigenvalue weighted by Crippen LogP contribution is -2.24. The summed E-state index contributed by atoms with van der Waals surface area (Å²) in [5.74, 6) is 0.812. The molecule has 0 bridgehead atoms. The molecule has 0 spiro atoms. The largest absolute Gasteiger partial charge is 0.492 e. The molecule has 108 valence electrons. The van der Waals surface area contributed by atoms with Crippen LogP contribution in [0.3, 0.4) is 0 Å². The third kappa shape index (κ3) is 4.94. The topological polar surface area (TPSA) is 36.3 Å². The number of hydrogen-bond donors (Lipinski definition) is 0. The Hall–Kier alpha value is -2.31. The summed E-state index contributed by atoms with van der Waals surface area (Å²) < 4.78 is 5.81. The quantitative estimate of drug-likeness (QED) is 0.781. The second-order valence-electron chi connectivity index (χ2n) is 5.01. The van der Waals surface area contributed by atoms with Crippen LogP contribution in [0.15, 0.2) is 54.6 Å². The van der Waals surface area contributed by atoms with E-state index < -0.39 is 0 Å². The average Bonchev–Trinajstić information content (AvgIpc) is 2.50. The lowest BCUT2D eigenvalue weighted by Gasteiger charge is -2.17. The molecular formula is C18H20N2O. The van der Waals surface area contributed by atoms with Crippen LogP contribution in [0.25, 0.3) is 0 Å². The van der Waals surface area contributed by atoms with Crippen LogP contribution in [0.4, 0.5) is 0 Å². The van der Waals surface area contributed by atoms with Crippen molar-refractivity contribution in [3.63, 3.8) is 0 Å². The minimum absolute atomic E-state index is 0.385. The van der Waals surface area contributed by atoms with Gasteiger partial charge in [-0.25, -0.2) is 0 Å². The van der Waals surface area contributed by atoms with Crippen LogP contribution in [0.2, 0.25) is 0 Å². The van der Waals surface area contributed by atoms with Gasteiger partial charge in [-0.15, -0.1) is 0 Å². The van der Waals surface area contributed by atoms with Crippen LogP contribution < -0.4 is 4.74 Å². The number of rotatable bonds is 7. The van der Waals surface area contributed by atoms with Crippen molar-refractivity contribution in [2.75, 3.05) is 20.2 Å². The molecule has 2 aromatic rings. The van der Waals surface area contributed by atoms with E-state index in [4.69, 9.17) is 10.00 Å². The first kappa shape index (κ1) is 15.1. The van der Waals surface area contributed by atoms with E-state index in [1.54, 1.807) is 0 Å². The predicted molar refractivity (Wildman–Crippen MR) is 84.0 cm³/mol. The zero-order valence-electron chi connectivity index (χ0n) is 12.3. The van der Waals surface area contributed by atoms with E-state index in [0.717, 1.165) is 24.4 Å². The van der Waals surface area contributed by atoms with E-state index in [-0.39, 0.29) is 0 Å². The summed E-state index contributed by atoms with van der Waals surface area (Å²) in [4.78, 5) is 2.22. The molecule has 0 amide bonds. The SMILES string of the molecule is CN(CCOc1ccccc1CC#N)Cc1ccccc1. The Morgan fingerprint density at radius 2 is 1.76 bits per heavy atom. The Morgan fingerprint density at radius 1 is 1.05 bits per heavy atom. The van der Waals surface area contributed by atoms with Crippen molar-refractivity contribution in [1.29, 1.82) is 5.26 Å². The van der Waals surface area contributed by atoms with E-state index in [1.807, 2.05) is 30.3 Å². The molecule has 0 radical (unpaired) electrons. The monoisotopic (exact) mass is 280 g/mol. The third-order valence-corrected chi connectivity index (χ3v) is 3.27. The summed E-state index contributed by atoms with van der Waals surface area (Å²) >= 11 is 0. The molecule has 0 aromatic heterocycles. The maximum absolute atomic E-state index is 8.81. The zero-order chi connectivity index (χ0) is 14.9. The van der Waals surface area contributed by atoms with Crippen molar-refractivity contribution >= 4 is 0 Å². The Labute approximate surface area is 126 Å². The highest BCUT2D eigenvalue weighted by Crippen LogP contribution is 2.18. The second-order valence-corrected chi connectivity index (χ2v) is 5.01. The molecule has 0 N–H and O–H groups in total. The Morgan fingerprint density at radius 3 is 2.52 bits per heavy atom. The Bertz CT molecular complexity index is 590. The molecule has 0 saturated carbocycles. The number of nitriles is 1. The van der Waals surface area contributed by atoms with Gasteiger partial charge >= 0.3 is 0 Å². The van der Waals surface area contributed by atoms with Gasteiger partial charge in [-0.1, -0.05) is 48.5 Å². The Balaban J connectivity index is 1.80. The number of nitrogens with zero attached hydrogens (tertiary/aromatic N) is 2. The summed E-state index contributed by atoms with van der Waals surface area (Å²) in [5, 5.41) is 8.81. The second kappa shape index (κ2) is 8.08. The third-order valence-electron chi connectivity index (χ3n) is 3.27. The molecular weight excluding hydrogens is 260 g/mol. The normalized spacial score (nSPS) is 10.3. The van der Waals surface area contributed by atoms with Crippen LogP contribution in [-0.4, -0.2) is 25.1 Å². The van der Waals surface area contributed by atoms with Gasteiger partial charge in [0, 0.05) is 18.7 Å². The standard InChI is InChI=1S/C18H20N2O/c1-20(15-16-7-3-2-4-8-16)13-14-21-18-10-6-5-9-17(18)11-12-19/h2-10H,11,13-15H2,1H3. The van der Waals surface area contributed by atoms with Crippen molar-refractivity contribution < 1.29 is 4.74 Å². The van der Waals surface area contributed by atoms with Crippen molar-refractivity contribution in [1.82, 2.24) is 4.90 Å². The Kier molecular flexibility index (Phi) is 5.81. The van der Waals surface area contributed by atoms with Crippen molar-refractivity contribution in [2.45, 2.75) is 13.0 Å². The fourth-order valence-corrected chi connectivity index (χ4v) is 2.16. The number of benzene rings is 2. The van der Waals surface area contributed by atoms with E-state index in [1.165, 1.54) is 5.56 Å². The highest BCUT2D eigenvalue weighted by atomic mass is 16.5. The molecule has 0 unspecified atom stereocenters. The van der Waals surface area contributed by atoms with Crippen molar-refractivity contribution in [2.24, 2.45) is 0 Å². The molecule has 0 aliphatic carbocycles. The van der Waals surface area contributed by atoms with Gasteiger partial charge in [0.25, 0.3) is 0 Å². The molecule has 2 rings (SSSR count). The van der Waals surface area contributed by atoms with E-state index in [0.29, 0.717) is 13.0 Å². The minimum atomic E-state index is 0.385. The van der Waals surface area contributed by atoms with E-state index >= 15 is 0 Å². The summed E-state index contributed by atoms with van der Waals surface area (Å²) in [7, 11) is 2.08. The maximum Gasteiger partial charge on any atom is 0.123 e. The number of para-hydroxylation sites is 1. The molecule has 0 aliphatic rings. The van der Waals surface area contributed by atoms with Gasteiger partial charge in [-0.2, -0.15) is 5.26 Å². The molecule has 0 fully saturated rings. The first-order chi connectivity index (χ1) is 10.3. The molecule has 0 atom stereocenters. The fourth-order valence-electron chi connectivity index (χ4n) is 2.16. The number of ether oxygens (including phenoxy) is 1. The van der Waals surface area contributed by atoms with Crippen LogP contribution in [-0.2, 0) is 13.0 Å². The maximum atomic E-state index is 8.81. The van der Waals surface area contributed by atoms with Gasteiger partial charge in [0.15, 0.2) is 0 Å². The molecule has 3 nitrogen and oxygen atoms in total. The van der Waals surface area contributed by atoms with Crippen LogP contribution in [0, 0.1) is 11.3 Å². The van der Waals surface area contributed by atoms with E-state index in [9.17, 15) is 0 Å². The van der Waals surface area contributed by atoms with Gasteiger partial charge < -0.3 is 4.74 Å². The van der Waals surface area contributed by atoms with E-state index in [2.05, 4.69) is 42.3 Å². The van der Waals surface area contributed by atoms with Crippen molar-refractivity contribution in [3.8, 4) is 11.8 Å². The van der Waals surface area contributed by atoms with Crippen molar-refractivity contribution in [3.05, 3.63) is 65.7 Å². The minimum Gasteiger partial charge on any atom is -0.492 e. The molecule has 0 aliphatic heterocycles. The summed E-state index contributed by atoms with van der Waals surface area (Å²) in [6.45, 7) is 2.37. The fraction of sp³-hybridized carbons (Fsp3) is 0.278.